The van der Waals surface area contributed by atoms with Gasteiger partial charge >= 0.3 is 0 Å². The van der Waals surface area contributed by atoms with E-state index in [1.165, 1.54) is 5.56 Å². The molecule has 1 amide bonds. The van der Waals surface area contributed by atoms with Gasteiger partial charge in [-0.1, -0.05) is 55.5 Å². The number of carbonyl (C=O) groups excluding carboxylic acids is 1. The standard InChI is InChI=1S/C16H16N2O/c1-13(14-8-4-2-5-9-14)12-17-18-16(19)15-10-6-3-7-11-15/h2-13H,1H3,(H,18,19). The molecule has 1 unspecified atom stereocenters. The molecule has 0 bridgehead atoms. The molecule has 0 fully saturated rings. The number of amides is 1. The Labute approximate surface area is 113 Å². The molecule has 0 aliphatic heterocycles. The summed E-state index contributed by atoms with van der Waals surface area (Å²) >= 11 is 0. The number of hydrogen-bond acceptors (Lipinski definition) is 2. The second kappa shape index (κ2) is 6.50. The van der Waals surface area contributed by atoms with Crippen LogP contribution in [0.25, 0.3) is 0 Å². The molecular formula is C16H16N2O. The lowest BCUT2D eigenvalue weighted by molar-refractivity contribution is 0.0955. The molecular weight excluding hydrogens is 236 g/mol. The van der Waals surface area contributed by atoms with Gasteiger partial charge in [0.15, 0.2) is 0 Å². The quantitative estimate of drug-likeness (QED) is 0.659. The van der Waals surface area contributed by atoms with E-state index in [-0.39, 0.29) is 11.8 Å². The van der Waals surface area contributed by atoms with Gasteiger partial charge in [0.25, 0.3) is 5.91 Å². The van der Waals surface area contributed by atoms with Crippen molar-refractivity contribution in [3.8, 4) is 0 Å². The molecule has 0 aliphatic rings. The van der Waals surface area contributed by atoms with Crippen LogP contribution < -0.4 is 5.43 Å². The van der Waals surface area contributed by atoms with Crippen molar-refractivity contribution in [1.29, 1.82) is 0 Å². The summed E-state index contributed by atoms with van der Waals surface area (Å²) < 4.78 is 0. The fraction of sp³-hybridized carbons (Fsp3) is 0.125. The highest BCUT2D eigenvalue weighted by Gasteiger charge is 2.03. The van der Waals surface area contributed by atoms with Crippen LogP contribution in [-0.4, -0.2) is 12.1 Å². The van der Waals surface area contributed by atoms with Crippen LogP contribution in [0, 0.1) is 0 Å². The second-order valence-corrected chi connectivity index (χ2v) is 4.28. The lowest BCUT2D eigenvalue weighted by Gasteiger charge is -2.05. The summed E-state index contributed by atoms with van der Waals surface area (Å²) in [4.78, 5) is 11.7. The third kappa shape index (κ3) is 3.78. The van der Waals surface area contributed by atoms with Crippen molar-refractivity contribution in [2.24, 2.45) is 5.10 Å². The first-order valence-corrected chi connectivity index (χ1v) is 6.21. The summed E-state index contributed by atoms with van der Waals surface area (Å²) in [5, 5.41) is 4.00. The molecule has 3 heteroatoms. The maximum atomic E-state index is 11.7. The van der Waals surface area contributed by atoms with Crippen molar-refractivity contribution in [3.05, 3.63) is 71.8 Å². The highest BCUT2D eigenvalue weighted by molar-refractivity contribution is 5.94. The summed E-state index contributed by atoms with van der Waals surface area (Å²) in [6.45, 7) is 2.04. The van der Waals surface area contributed by atoms with Crippen molar-refractivity contribution < 1.29 is 4.79 Å². The van der Waals surface area contributed by atoms with Crippen LogP contribution in [0.2, 0.25) is 0 Å². The summed E-state index contributed by atoms with van der Waals surface area (Å²) in [6.07, 6.45) is 1.73. The molecule has 2 rings (SSSR count). The summed E-state index contributed by atoms with van der Waals surface area (Å²) in [7, 11) is 0. The lowest BCUT2D eigenvalue weighted by atomic mass is 10.0. The third-order valence-electron chi connectivity index (χ3n) is 2.83. The van der Waals surface area contributed by atoms with E-state index in [1.807, 2.05) is 55.5 Å². The molecule has 0 heterocycles. The van der Waals surface area contributed by atoms with Crippen molar-refractivity contribution in [2.75, 3.05) is 0 Å². The van der Waals surface area contributed by atoms with Gasteiger partial charge in [0.1, 0.15) is 0 Å². The number of nitrogens with one attached hydrogen (secondary N) is 1. The van der Waals surface area contributed by atoms with Crippen molar-refractivity contribution >= 4 is 12.1 Å². The summed E-state index contributed by atoms with van der Waals surface area (Å²) in [5.41, 5.74) is 4.30. The minimum absolute atomic E-state index is 0.164. The van der Waals surface area contributed by atoms with Gasteiger partial charge in [0, 0.05) is 17.7 Å². The van der Waals surface area contributed by atoms with E-state index >= 15 is 0 Å². The van der Waals surface area contributed by atoms with E-state index < -0.39 is 0 Å². The van der Waals surface area contributed by atoms with Crippen LogP contribution in [0.5, 0.6) is 0 Å². The van der Waals surface area contributed by atoms with Crippen LogP contribution in [0.3, 0.4) is 0 Å². The molecule has 2 aromatic rings. The predicted octanol–water partition coefficient (Wildman–Crippen LogP) is 3.21. The maximum Gasteiger partial charge on any atom is 0.271 e. The molecule has 2 aromatic carbocycles. The van der Waals surface area contributed by atoms with Crippen LogP contribution in [0.1, 0.15) is 28.8 Å². The zero-order chi connectivity index (χ0) is 13.5. The molecule has 3 nitrogen and oxygen atoms in total. The van der Waals surface area contributed by atoms with Gasteiger partial charge in [-0.15, -0.1) is 0 Å². The topological polar surface area (TPSA) is 41.5 Å². The number of benzene rings is 2. The SMILES string of the molecule is CC(C=NNC(=O)c1ccccc1)c1ccccc1. The van der Waals surface area contributed by atoms with Gasteiger partial charge in [0.2, 0.25) is 0 Å². The maximum absolute atomic E-state index is 11.7. The zero-order valence-electron chi connectivity index (χ0n) is 10.8. The molecule has 0 saturated carbocycles. The number of hydrazone groups is 1. The molecule has 96 valence electrons. The largest absolute Gasteiger partial charge is 0.271 e. The Morgan fingerprint density at radius 2 is 1.63 bits per heavy atom. The van der Waals surface area contributed by atoms with E-state index in [2.05, 4.69) is 10.5 Å². The first kappa shape index (κ1) is 13.0. The third-order valence-corrected chi connectivity index (χ3v) is 2.83. The van der Waals surface area contributed by atoms with Crippen LogP contribution >= 0.6 is 0 Å². The minimum atomic E-state index is -0.197. The Balaban J connectivity index is 1.92. The van der Waals surface area contributed by atoms with E-state index in [1.54, 1.807) is 18.3 Å². The molecule has 0 aromatic heterocycles. The van der Waals surface area contributed by atoms with E-state index in [4.69, 9.17) is 0 Å². The summed E-state index contributed by atoms with van der Waals surface area (Å²) in [6, 6.07) is 19.1. The molecule has 1 atom stereocenters. The predicted molar refractivity (Wildman–Crippen MR) is 77.3 cm³/mol. The Bertz CT molecular complexity index is 549. The molecule has 1 N–H and O–H groups in total. The van der Waals surface area contributed by atoms with Crippen molar-refractivity contribution in [2.45, 2.75) is 12.8 Å². The van der Waals surface area contributed by atoms with E-state index in [0.29, 0.717) is 5.56 Å². The van der Waals surface area contributed by atoms with Gasteiger partial charge in [-0.25, -0.2) is 5.43 Å². The monoisotopic (exact) mass is 252 g/mol. The van der Waals surface area contributed by atoms with Crippen molar-refractivity contribution in [3.63, 3.8) is 0 Å². The number of nitrogens with zero attached hydrogens (tertiary/aromatic N) is 1. The molecule has 0 saturated heterocycles. The first-order chi connectivity index (χ1) is 9.27. The lowest BCUT2D eigenvalue weighted by Crippen LogP contribution is -2.17. The fourth-order valence-corrected chi connectivity index (χ4v) is 1.70. The van der Waals surface area contributed by atoms with Gasteiger partial charge in [-0.05, 0) is 17.7 Å². The zero-order valence-corrected chi connectivity index (χ0v) is 10.8. The van der Waals surface area contributed by atoms with Gasteiger partial charge in [-0.3, -0.25) is 4.79 Å². The normalized spacial score (nSPS) is 12.3. The Hall–Kier alpha value is -2.42. The van der Waals surface area contributed by atoms with Crippen LogP contribution in [-0.2, 0) is 0 Å². The van der Waals surface area contributed by atoms with Crippen molar-refractivity contribution in [1.82, 2.24) is 5.43 Å². The Morgan fingerprint density at radius 1 is 1.05 bits per heavy atom. The van der Waals surface area contributed by atoms with Crippen LogP contribution in [0.4, 0.5) is 0 Å². The Kier molecular flexibility index (Phi) is 4.45. The van der Waals surface area contributed by atoms with E-state index in [9.17, 15) is 4.79 Å². The van der Waals surface area contributed by atoms with Gasteiger partial charge in [-0.2, -0.15) is 5.10 Å². The van der Waals surface area contributed by atoms with Crippen LogP contribution in [0.15, 0.2) is 65.8 Å². The highest BCUT2D eigenvalue weighted by atomic mass is 16.2. The van der Waals surface area contributed by atoms with Gasteiger partial charge < -0.3 is 0 Å². The molecule has 0 aliphatic carbocycles. The smallest absolute Gasteiger partial charge is 0.267 e. The summed E-state index contributed by atoms with van der Waals surface area (Å²) in [5.74, 6) is -0.0330. The first-order valence-electron chi connectivity index (χ1n) is 6.21. The average Bonchev–Trinajstić information content (AvgIpc) is 2.49. The van der Waals surface area contributed by atoms with Gasteiger partial charge in [0.05, 0.1) is 0 Å². The highest BCUT2D eigenvalue weighted by Crippen LogP contribution is 2.11. The molecule has 0 spiro atoms. The minimum Gasteiger partial charge on any atom is -0.267 e. The average molecular weight is 252 g/mol. The molecule has 0 radical (unpaired) electrons. The fourth-order valence-electron chi connectivity index (χ4n) is 1.70. The number of carbonyl (C=O) groups is 1. The van der Waals surface area contributed by atoms with E-state index in [0.717, 1.165) is 0 Å². The Morgan fingerprint density at radius 3 is 2.26 bits per heavy atom. The molecule has 19 heavy (non-hydrogen) atoms. The number of rotatable bonds is 4. The number of hydrogen-bond donors (Lipinski definition) is 1. The second-order valence-electron chi connectivity index (χ2n) is 4.28.